The van der Waals surface area contributed by atoms with Gasteiger partial charge >= 0.3 is 0 Å². The van der Waals surface area contributed by atoms with E-state index in [1.54, 1.807) is 18.3 Å². The molecule has 1 nitrogen and oxygen atoms in total. The average Bonchev–Trinajstić information content (AvgIpc) is 2.41. The molecule has 1 aliphatic rings. The van der Waals surface area contributed by atoms with Crippen molar-refractivity contribution in [1.82, 2.24) is 4.98 Å². The largest absolute Gasteiger partial charge is 0.260 e. The summed E-state index contributed by atoms with van der Waals surface area (Å²) in [5.41, 5.74) is 1.52. The molecule has 0 saturated heterocycles. The molecular weight excluding hydrogens is 201 g/mol. The average molecular weight is 215 g/mol. The van der Waals surface area contributed by atoms with E-state index >= 15 is 0 Å². The first-order valence-corrected chi connectivity index (χ1v) is 5.27. The third kappa shape index (κ3) is 2.11. The lowest BCUT2D eigenvalue weighted by Crippen LogP contribution is -2.17. The molecule has 16 heavy (non-hydrogen) atoms. The van der Waals surface area contributed by atoms with E-state index < -0.39 is 5.41 Å². The number of nitrogens with zero attached hydrogens (tertiary/aromatic N) is 1. The second kappa shape index (κ2) is 4.05. The molecule has 2 heteroatoms. The Hall–Kier alpha value is -1.70. The van der Waals surface area contributed by atoms with Gasteiger partial charge in [0.2, 0.25) is 0 Å². The summed E-state index contributed by atoms with van der Waals surface area (Å²) in [6.07, 6.45) is 10.3. The summed E-state index contributed by atoms with van der Waals surface area (Å²) in [6, 6.07) is 3.92. The third-order valence-electron chi connectivity index (χ3n) is 2.71. The molecule has 82 valence electrons. The molecule has 1 atom stereocenters. The maximum atomic E-state index is 13.4. The molecule has 0 fully saturated rings. The highest BCUT2D eigenvalue weighted by molar-refractivity contribution is 5.38. The first-order chi connectivity index (χ1) is 7.60. The lowest BCUT2D eigenvalue weighted by atomic mass is 9.85. The number of hydrogen-bond acceptors (Lipinski definition) is 1. The molecular formula is C14H14FN. The van der Waals surface area contributed by atoms with Gasteiger partial charge in [0.05, 0.1) is 5.69 Å². The van der Waals surface area contributed by atoms with Crippen molar-refractivity contribution in [3.05, 3.63) is 65.8 Å². The maximum Gasteiger partial charge on any atom is 0.120 e. The maximum absolute atomic E-state index is 13.4. The van der Waals surface area contributed by atoms with Crippen LogP contribution in [0.5, 0.6) is 0 Å². The molecule has 0 aromatic carbocycles. The van der Waals surface area contributed by atoms with Crippen LogP contribution in [0.15, 0.2) is 54.5 Å². The number of hydrogen-bond donors (Lipinski definition) is 0. The van der Waals surface area contributed by atoms with Crippen molar-refractivity contribution in [3.8, 4) is 0 Å². The van der Waals surface area contributed by atoms with Crippen molar-refractivity contribution >= 4 is 0 Å². The lowest BCUT2D eigenvalue weighted by molar-refractivity contribution is 0.629. The first kappa shape index (κ1) is 10.8. The predicted octanol–water partition coefficient (Wildman–Crippen LogP) is 3.63. The lowest BCUT2D eigenvalue weighted by Gasteiger charge is -2.21. The topological polar surface area (TPSA) is 12.9 Å². The van der Waals surface area contributed by atoms with Gasteiger partial charge in [-0.2, -0.15) is 0 Å². The summed E-state index contributed by atoms with van der Waals surface area (Å²) in [7, 11) is 0. The Labute approximate surface area is 95.0 Å². The highest BCUT2D eigenvalue weighted by Crippen LogP contribution is 2.29. The normalized spacial score (nSPS) is 24.1. The minimum absolute atomic E-state index is 0.226. The summed E-state index contributed by atoms with van der Waals surface area (Å²) >= 11 is 0. The van der Waals surface area contributed by atoms with Gasteiger partial charge in [0.15, 0.2) is 0 Å². The molecule has 1 aliphatic carbocycles. The van der Waals surface area contributed by atoms with Crippen molar-refractivity contribution in [2.24, 2.45) is 0 Å². The second-order valence-electron chi connectivity index (χ2n) is 4.25. The van der Waals surface area contributed by atoms with E-state index in [2.05, 4.69) is 4.98 Å². The first-order valence-electron chi connectivity index (χ1n) is 5.27. The molecule has 0 aliphatic heterocycles. The molecule has 0 radical (unpaired) electrons. The van der Waals surface area contributed by atoms with Gasteiger partial charge < -0.3 is 0 Å². The van der Waals surface area contributed by atoms with Crippen LogP contribution in [-0.2, 0) is 5.41 Å². The van der Waals surface area contributed by atoms with E-state index in [-0.39, 0.29) is 5.83 Å². The fourth-order valence-corrected chi connectivity index (χ4v) is 1.78. The molecule has 1 aromatic heterocycles. The zero-order chi connectivity index (χ0) is 11.6. The zero-order valence-corrected chi connectivity index (χ0v) is 9.44. The number of halogens is 1. The number of allylic oxidation sites excluding steroid dienone is 6. The SMILES string of the molecule is Cc1ccnc(C2(C)C=CC=CC(F)=C2)c1. The van der Waals surface area contributed by atoms with Gasteiger partial charge in [-0.3, -0.25) is 4.98 Å². The molecule has 0 amide bonds. The van der Waals surface area contributed by atoms with Crippen LogP contribution in [0.3, 0.4) is 0 Å². The van der Waals surface area contributed by atoms with Gasteiger partial charge in [-0.25, -0.2) is 4.39 Å². The van der Waals surface area contributed by atoms with Gasteiger partial charge in [0.1, 0.15) is 5.83 Å². The van der Waals surface area contributed by atoms with Crippen LogP contribution in [0.2, 0.25) is 0 Å². The standard InChI is InChI=1S/C14H14FN/c1-11-6-8-16-13(9-11)14(2)7-4-3-5-12(15)10-14/h3-10H,1-2H3. The minimum Gasteiger partial charge on any atom is -0.260 e. The fraction of sp³-hybridized carbons (Fsp3) is 0.214. The van der Waals surface area contributed by atoms with Crippen LogP contribution < -0.4 is 0 Å². The van der Waals surface area contributed by atoms with Crippen molar-refractivity contribution in [3.63, 3.8) is 0 Å². The Morgan fingerprint density at radius 1 is 1.31 bits per heavy atom. The Balaban J connectivity index is 2.50. The highest BCUT2D eigenvalue weighted by atomic mass is 19.1. The van der Waals surface area contributed by atoms with E-state index in [9.17, 15) is 4.39 Å². The van der Waals surface area contributed by atoms with Crippen LogP contribution in [0.4, 0.5) is 4.39 Å². The summed E-state index contributed by atoms with van der Waals surface area (Å²) in [5.74, 6) is -0.226. The van der Waals surface area contributed by atoms with Crippen LogP contribution in [-0.4, -0.2) is 4.98 Å². The van der Waals surface area contributed by atoms with E-state index in [0.717, 1.165) is 11.3 Å². The van der Waals surface area contributed by atoms with Crippen LogP contribution >= 0.6 is 0 Å². The Kier molecular flexibility index (Phi) is 2.73. The van der Waals surface area contributed by atoms with Gasteiger partial charge in [-0.1, -0.05) is 18.2 Å². The van der Waals surface area contributed by atoms with Crippen LogP contribution in [0.25, 0.3) is 0 Å². The van der Waals surface area contributed by atoms with E-state index in [0.29, 0.717) is 0 Å². The second-order valence-corrected chi connectivity index (χ2v) is 4.25. The molecule has 1 unspecified atom stereocenters. The minimum atomic E-state index is -0.473. The molecule has 0 bridgehead atoms. The molecule has 0 N–H and O–H groups in total. The summed E-state index contributed by atoms with van der Waals surface area (Å²) in [6.45, 7) is 3.96. The molecule has 0 spiro atoms. The number of pyridine rings is 1. The van der Waals surface area contributed by atoms with E-state index in [4.69, 9.17) is 0 Å². The summed E-state index contributed by atoms with van der Waals surface area (Å²) in [5, 5.41) is 0. The Bertz CT molecular complexity index is 485. The molecule has 1 aromatic rings. The summed E-state index contributed by atoms with van der Waals surface area (Å²) in [4.78, 5) is 4.32. The molecule has 1 heterocycles. The zero-order valence-electron chi connectivity index (χ0n) is 9.44. The van der Waals surface area contributed by atoms with Crippen molar-refractivity contribution in [2.45, 2.75) is 19.3 Å². The van der Waals surface area contributed by atoms with E-state index in [1.165, 1.54) is 6.08 Å². The quantitative estimate of drug-likeness (QED) is 0.697. The fourth-order valence-electron chi connectivity index (χ4n) is 1.78. The van der Waals surface area contributed by atoms with Gasteiger partial charge in [0.25, 0.3) is 0 Å². The molecule has 0 saturated carbocycles. The number of rotatable bonds is 1. The number of aryl methyl sites for hydroxylation is 1. The smallest absolute Gasteiger partial charge is 0.120 e. The van der Waals surface area contributed by atoms with Crippen LogP contribution in [0, 0.1) is 6.92 Å². The van der Waals surface area contributed by atoms with Gasteiger partial charge in [-0.05, 0) is 43.7 Å². The Morgan fingerprint density at radius 2 is 2.12 bits per heavy atom. The highest BCUT2D eigenvalue weighted by Gasteiger charge is 2.24. The van der Waals surface area contributed by atoms with E-state index in [1.807, 2.05) is 38.1 Å². The molecule has 2 rings (SSSR count). The monoisotopic (exact) mass is 215 g/mol. The van der Waals surface area contributed by atoms with Gasteiger partial charge in [0, 0.05) is 11.6 Å². The predicted molar refractivity (Wildman–Crippen MR) is 63.8 cm³/mol. The Morgan fingerprint density at radius 3 is 2.88 bits per heavy atom. The van der Waals surface area contributed by atoms with Crippen molar-refractivity contribution in [2.75, 3.05) is 0 Å². The third-order valence-corrected chi connectivity index (χ3v) is 2.71. The van der Waals surface area contributed by atoms with Crippen molar-refractivity contribution < 1.29 is 4.39 Å². The van der Waals surface area contributed by atoms with Gasteiger partial charge in [-0.15, -0.1) is 0 Å². The van der Waals surface area contributed by atoms with Crippen LogP contribution in [0.1, 0.15) is 18.2 Å². The summed E-state index contributed by atoms with van der Waals surface area (Å²) < 4.78 is 13.4. The van der Waals surface area contributed by atoms with Crippen molar-refractivity contribution in [1.29, 1.82) is 0 Å². The number of aromatic nitrogens is 1.